The Kier molecular flexibility index (Phi) is 4.51. The van der Waals surface area contributed by atoms with Crippen molar-refractivity contribution in [2.45, 2.75) is 11.8 Å². The fourth-order valence-electron chi connectivity index (χ4n) is 2.70. The zero-order valence-electron chi connectivity index (χ0n) is 13.8. The zero-order valence-corrected chi connectivity index (χ0v) is 14.6. The van der Waals surface area contributed by atoms with E-state index in [4.69, 9.17) is 9.66 Å². The first-order valence-electron chi connectivity index (χ1n) is 7.36. The summed E-state index contributed by atoms with van der Waals surface area (Å²) in [7, 11) is -2.89. The van der Waals surface area contributed by atoms with E-state index in [1.807, 2.05) is 0 Å². The van der Waals surface area contributed by atoms with Gasteiger partial charge in [-0.2, -0.15) is 0 Å². The second-order valence-corrected chi connectivity index (χ2v) is 7.01. The molecule has 26 heavy (non-hydrogen) atoms. The normalized spacial score (nSPS) is 11.6. The van der Waals surface area contributed by atoms with Gasteiger partial charge in [-0.3, -0.25) is 0 Å². The van der Waals surface area contributed by atoms with Crippen molar-refractivity contribution in [3.8, 4) is 28.1 Å². The third-order valence-electron chi connectivity index (χ3n) is 3.80. The van der Waals surface area contributed by atoms with Gasteiger partial charge in [-0.1, -0.05) is 23.4 Å². The lowest BCUT2D eigenvalue weighted by Gasteiger charge is -2.09. The van der Waals surface area contributed by atoms with Crippen LogP contribution in [0.25, 0.3) is 22.4 Å². The molecule has 0 atom stereocenters. The topological polar surface area (TPSA) is 95.4 Å². The fraction of sp³-hybridized carbons (Fsp3) is 0.118. The zero-order chi connectivity index (χ0) is 19.1. The summed E-state index contributed by atoms with van der Waals surface area (Å²) < 4.78 is 61.7. The lowest BCUT2D eigenvalue weighted by molar-refractivity contribution is 0.360. The maximum atomic E-state index is 14.1. The summed E-state index contributed by atoms with van der Waals surface area (Å²) in [5, 5.41) is 9.11. The Morgan fingerprint density at radius 2 is 1.77 bits per heavy atom. The number of nitrogens with zero attached hydrogens (tertiary/aromatic N) is 1. The first-order valence-corrected chi connectivity index (χ1v) is 8.90. The van der Waals surface area contributed by atoms with E-state index in [1.54, 1.807) is 13.0 Å². The number of hydrogen-bond donors (Lipinski definition) is 1. The van der Waals surface area contributed by atoms with E-state index in [-0.39, 0.29) is 33.0 Å². The molecule has 0 aliphatic heterocycles. The molecule has 0 unspecified atom stereocenters. The number of sulfonamides is 1. The molecule has 3 rings (SSSR count). The van der Waals surface area contributed by atoms with Crippen molar-refractivity contribution >= 4 is 10.0 Å². The molecule has 0 amide bonds. The molecule has 9 heteroatoms. The van der Waals surface area contributed by atoms with Crippen LogP contribution in [-0.4, -0.2) is 20.7 Å². The average molecular weight is 380 g/mol. The molecule has 6 nitrogen and oxygen atoms in total. The number of aryl methyl sites for hydroxylation is 1. The van der Waals surface area contributed by atoms with Gasteiger partial charge in [0.2, 0.25) is 10.0 Å². The van der Waals surface area contributed by atoms with E-state index in [0.29, 0.717) is 0 Å². The van der Waals surface area contributed by atoms with Gasteiger partial charge in [0.1, 0.15) is 11.5 Å². The smallest absolute Gasteiger partial charge is 0.238 e. The van der Waals surface area contributed by atoms with Crippen molar-refractivity contribution in [1.82, 2.24) is 5.16 Å². The van der Waals surface area contributed by atoms with Gasteiger partial charge in [0.05, 0.1) is 17.6 Å². The van der Waals surface area contributed by atoms with Gasteiger partial charge in [-0.15, -0.1) is 0 Å². The van der Waals surface area contributed by atoms with Gasteiger partial charge in [0.25, 0.3) is 0 Å². The molecule has 0 spiro atoms. The Hall–Kier alpha value is -2.78. The summed E-state index contributed by atoms with van der Waals surface area (Å²) in [6, 6.07) is 8.02. The van der Waals surface area contributed by atoms with E-state index < -0.39 is 27.4 Å². The third kappa shape index (κ3) is 3.06. The van der Waals surface area contributed by atoms with E-state index in [0.717, 1.165) is 19.2 Å². The van der Waals surface area contributed by atoms with E-state index >= 15 is 0 Å². The van der Waals surface area contributed by atoms with Crippen molar-refractivity contribution in [3.05, 3.63) is 53.8 Å². The number of primary sulfonamides is 1. The summed E-state index contributed by atoms with van der Waals surface area (Å²) in [5.41, 5.74) is 0.648. The molecule has 1 aromatic heterocycles. The first-order chi connectivity index (χ1) is 12.2. The maximum absolute atomic E-state index is 14.1. The number of benzene rings is 2. The summed E-state index contributed by atoms with van der Waals surface area (Å²) >= 11 is 0. The fourth-order valence-corrected chi connectivity index (χ4v) is 3.44. The SMILES string of the molecule is COc1c(F)cc(-c2noc(C)c2-c2ccccc2S(N)(=O)=O)cc1F. The van der Waals surface area contributed by atoms with Gasteiger partial charge in [0, 0.05) is 11.1 Å². The Labute approximate surface area is 148 Å². The van der Waals surface area contributed by atoms with Gasteiger partial charge in [-0.25, -0.2) is 22.3 Å². The van der Waals surface area contributed by atoms with Crippen molar-refractivity contribution < 1.29 is 26.5 Å². The summed E-state index contributed by atoms with van der Waals surface area (Å²) in [6.45, 7) is 1.56. The molecule has 3 aromatic rings. The molecule has 0 radical (unpaired) electrons. The summed E-state index contributed by atoms with van der Waals surface area (Å²) in [6.07, 6.45) is 0. The molecule has 0 saturated heterocycles. The first kappa shape index (κ1) is 18.0. The lowest BCUT2D eigenvalue weighted by Crippen LogP contribution is -2.13. The van der Waals surface area contributed by atoms with E-state index in [9.17, 15) is 17.2 Å². The summed E-state index contributed by atoms with van der Waals surface area (Å²) in [4.78, 5) is -0.151. The Bertz CT molecular complexity index is 1070. The Balaban J connectivity index is 2.29. The molecule has 2 aromatic carbocycles. The van der Waals surface area contributed by atoms with Crippen LogP contribution in [0.2, 0.25) is 0 Å². The highest BCUT2D eigenvalue weighted by atomic mass is 32.2. The number of aromatic nitrogens is 1. The minimum atomic E-state index is -4.04. The maximum Gasteiger partial charge on any atom is 0.238 e. The highest BCUT2D eigenvalue weighted by Gasteiger charge is 2.24. The lowest BCUT2D eigenvalue weighted by atomic mass is 9.99. The monoisotopic (exact) mass is 380 g/mol. The predicted molar refractivity (Wildman–Crippen MR) is 90.0 cm³/mol. The molecular formula is C17H14F2N2O4S. The van der Waals surface area contributed by atoms with Gasteiger partial charge in [-0.05, 0) is 25.1 Å². The number of halogens is 2. The number of ether oxygens (including phenoxy) is 1. The van der Waals surface area contributed by atoms with Gasteiger partial charge in [0.15, 0.2) is 17.4 Å². The minimum Gasteiger partial charge on any atom is -0.491 e. The number of hydrogen-bond acceptors (Lipinski definition) is 5. The quantitative estimate of drug-likeness (QED) is 0.750. The summed E-state index contributed by atoms with van der Waals surface area (Å²) in [5.74, 6) is -2.10. The molecule has 136 valence electrons. The molecule has 0 saturated carbocycles. The Morgan fingerprint density at radius 3 is 2.35 bits per heavy atom. The van der Waals surface area contributed by atoms with Crippen molar-refractivity contribution in [3.63, 3.8) is 0 Å². The van der Waals surface area contributed by atoms with Crippen molar-refractivity contribution in [1.29, 1.82) is 0 Å². The van der Waals surface area contributed by atoms with Crippen LogP contribution in [0, 0.1) is 18.6 Å². The molecule has 2 N–H and O–H groups in total. The van der Waals surface area contributed by atoms with Crippen LogP contribution in [0.3, 0.4) is 0 Å². The highest BCUT2D eigenvalue weighted by Crippen LogP contribution is 2.38. The molecule has 0 bridgehead atoms. The van der Waals surface area contributed by atoms with Gasteiger partial charge < -0.3 is 9.26 Å². The van der Waals surface area contributed by atoms with E-state index in [1.165, 1.54) is 18.2 Å². The molecule has 0 fully saturated rings. The van der Waals surface area contributed by atoms with Crippen LogP contribution in [0.5, 0.6) is 5.75 Å². The van der Waals surface area contributed by atoms with E-state index in [2.05, 4.69) is 9.89 Å². The van der Waals surface area contributed by atoms with Crippen LogP contribution in [-0.2, 0) is 10.0 Å². The number of nitrogens with two attached hydrogens (primary N) is 1. The minimum absolute atomic E-state index is 0.0665. The van der Waals surface area contributed by atoms with Crippen LogP contribution < -0.4 is 9.88 Å². The predicted octanol–water partition coefficient (Wildman–Crippen LogP) is 3.25. The number of rotatable bonds is 4. The molecule has 0 aliphatic rings. The van der Waals surface area contributed by atoms with Crippen LogP contribution in [0.15, 0.2) is 45.8 Å². The number of methoxy groups -OCH3 is 1. The van der Waals surface area contributed by atoms with Crippen LogP contribution in [0.1, 0.15) is 5.76 Å². The second-order valence-electron chi connectivity index (χ2n) is 5.48. The largest absolute Gasteiger partial charge is 0.491 e. The Morgan fingerprint density at radius 1 is 1.15 bits per heavy atom. The molecular weight excluding hydrogens is 366 g/mol. The standard InChI is InChI=1S/C17H14F2N2O4S/c1-9-15(11-5-3-4-6-14(11)26(20,22)23)16(21-25-9)10-7-12(18)17(24-2)13(19)8-10/h3-8H,1-2H3,(H2,20,22,23). The third-order valence-corrected chi connectivity index (χ3v) is 4.77. The highest BCUT2D eigenvalue weighted by molar-refractivity contribution is 7.89. The molecule has 0 aliphatic carbocycles. The second kappa shape index (κ2) is 6.50. The van der Waals surface area contributed by atoms with Crippen molar-refractivity contribution in [2.75, 3.05) is 7.11 Å². The van der Waals surface area contributed by atoms with Crippen molar-refractivity contribution in [2.24, 2.45) is 5.14 Å². The average Bonchev–Trinajstić information content (AvgIpc) is 2.95. The van der Waals surface area contributed by atoms with Crippen LogP contribution >= 0.6 is 0 Å². The van der Waals surface area contributed by atoms with Crippen LogP contribution in [0.4, 0.5) is 8.78 Å². The molecule has 1 heterocycles. The van der Waals surface area contributed by atoms with Gasteiger partial charge >= 0.3 is 0 Å².